The zero-order valence-electron chi connectivity index (χ0n) is 12.7. The van der Waals surface area contributed by atoms with Gasteiger partial charge in [-0.25, -0.2) is 4.79 Å². The van der Waals surface area contributed by atoms with Crippen LogP contribution in [-0.2, 0) is 22.5 Å². The highest BCUT2D eigenvalue weighted by molar-refractivity contribution is 7.10. The Balaban J connectivity index is 1.62. The lowest BCUT2D eigenvalue weighted by Crippen LogP contribution is -2.42. The molecule has 0 unspecified atom stereocenters. The minimum Gasteiger partial charge on any atom is -0.508 e. The topological polar surface area (TPSA) is 66.8 Å². The van der Waals surface area contributed by atoms with Gasteiger partial charge in [-0.2, -0.15) is 0 Å². The van der Waals surface area contributed by atoms with Crippen LogP contribution < -0.4 is 0 Å². The van der Waals surface area contributed by atoms with E-state index in [1.165, 1.54) is 34.7 Å². The molecule has 0 radical (unpaired) electrons. The Labute approximate surface area is 138 Å². The molecule has 0 saturated heterocycles. The first-order valence-electron chi connectivity index (χ1n) is 7.38. The molecular formula is C17H17NO4S. The fourth-order valence-corrected chi connectivity index (χ4v) is 3.46. The number of carbonyl (C=O) groups is 2. The van der Waals surface area contributed by atoms with Crippen LogP contribution in [0.5, 0.6) is 5.75 Å². The number of hydrogen-bond donors (Lipinski definition) is 1. The van der Waals surface area contributed by atoms with E-state index in [-0.39, 0.29) is 11.7 Å². The van der Waals surface area contributed by atoms with Crippen LogP contribution >= 0.6 is 11.3 Å². The minimum atomic E-state index is -0.837. The summed E-state index contributed by atoms with van der Waals surface area (Å²) in [5.41, 5.74) is 1.48. The summed E-state index contributed by atoms with van der Waals surface area (Å²) in [6, 6.07) is 7.78. The SMILES string of the molecule is C[C@H](OC(=O)c1ccc(O)cc1)C(=O)N1CCc2sccc2C1. The molecule has 1 amide bonds. The van der Waals surface area contributed by atoms with Gasteiger partial charge in [-0.1, -0.05) is 0 Å². The number of rotatable bonds is 3. The largest absolute Gasteiger partial charge is 0.508 e. The Kier molecular flexibility index (Phi) is 4.34. The Morgan fingerprint density at radius 2 is 2.00 bits per heavy atom. The molecular weight excluding hydrogens is 314 g/mol. The van der Waals surface area contributed by atoms with Crippen LogP contribution in [0.25, 0.3) is 0 Å². The summed E-state index contributed by atoms with van der Waals surface area (Å²) >= 11 is 1.71. The van der Waals surface area contributed by atoms with Crippen LogP contribution in [-0.4, -0.2) is 34.5 Å². The number of nitrogens with zero attached hydrogens (tertiary/aromatic N) is 1. The van der Waals surface area contributed by atoms with Crippen LogP contribution in [0.1, 0.15) is 27.7 Å². The van der Waals surface area contributed by atoms with E-state index in [0.717, 1.165) is 6.42 Å². The summed E-state index contributed by atoms with van der Waals surface area (Å²) in [7, 11) is 0. The van der Waals surface area contributed by atoms with Gasteiger partial charge in [-0.3, -0.25) is 4.79 Å². The first-order chi connectivity index (χ1) is 11.0. The van der Waals surface area contributed by atoms with Crippen LogP contribution in [0, 0.1) is 0 Å². The third-order valence-electron chi connectivity index (χ3n) is 3.85. The quantitative estimate of drug-likeness (QED) is 0.878. The molecule has 1 N–H and O–H groups in total. The molecule has 0 saturated carbocycles. The zero-order chi connectivity index (χ0) is 16.4. The van der Waals surface area contributed by atoms with Gasteiger partial charge in [0, 0.05) is 18.0 Å². The molecule has 3 rings (SSSR count). The van der Waals surface area contributed by atoms with Gasteiger partial charge in [0.15, 0.2) is 6.10 Å². The van der Waals surface area contributed by atoms with Gasteiger partial charge in [-0.05, 0) is 54.6 Å². The molecule has 0 spiro atoms. The number of amides is 1. The normalized spacial score (nSPS) is 14.9. The molecule has 0 aliphatic carbocycles. The molecule has 0 bridgehead atoms. The summed E-state index contributed by atoms with van der Waals surface area (Å²) in [6.07, 6.45) is 0.00803. The van der Waals surface area contributed by atoms with Crippen molar-refractivity contribution >= 4 is 23.2 Å². The molecule has 0 fully saturated rings. The maximum Gasteiger partial charge on any atom is 0.338 e. The first kappa shape index (κ1) is 15.6. The van der Waals surface area contributed by atoms with Gasteiger partial charge in [-0.15, -0.1) is 11.3 Å². The van der Waals surface area contributed by atoms with Crippen molar-refractivity contribution in [3.05, 3.63) is 51.7 Å². The number of carbonyl (C=O) groups excluding carboxylic acids is 2. The summed E-state index contributed by atoms with van der Waals surface area (Å²) in [4.78, 5) is 27.5. The van der Waals surface area contributed by atoms with E-state index in [1.54, 1.807) is 23.2 Å². The average Bonchev–Trinajstić information content (AvgIpc) is 3.02. The standard InChI is InChI=1S/C17H17NO4S/c1-11(22-17(21)12-2-4-14(19)5-3-12)16(20)18-8-6-15-13(10-18)7-9-23-15/h2-5,7,9,11,19H,6,8,10H2,1H3/t11-/m0/s1. The smallest absolute Gasteiger partial charge is 0.338 e. The number of aromatic hydroxyl groups is 1. The maximum absolute atomic E-state index is 12.5. The van der Waals surface area contributed by atoms with Gasteiger partial charge in [0.25, 0.3) is 5.91 Å². The van der Waals surface area contributed by atoms with Crippen molar-refractivity contribution in [1.29, 1.82) is 0 Å². The van der Waals surface area contributed by atoms with Gasteiger partial charge < -0.3 is 14.7 Å². The fraction of sp³-hybridized carbons (Fsp3) is 0.294. The molecule has 2 aromatic rings. The van der Waals surface area contributed by atoms with E-state index in [2.05, 4.69) is 0 Å². The van der Waals surface area contributed by atoms with E-state index >= 15 is 0 Å². The highest BCUT2D eigenvalue weighted by Gasteiger charge is 2.27. The molecule has 5 nitrogen and oxygen atoms in total. The molecule has 23 heavy (non-hydrogen) atoms. The van der Waals surface area contributed by atoms with Crippen LogP contribution in [0.3, 0.4) is 0 Å². The van der Waals surface area contributed by atoms with Gasteiger partial charge in [0.05, 0.1) is 5.56 Å². The molecule has 6 heteroatoms. The summed E-state index contributed by atoms with van der Waals surface area (Å²) in [5, 5.41) is 11.3. The Morgan fingerprint density at radius 3 is 2.74 bits per heavy atom. The van der Waals surface area contributed by atoms with E-state index in [9.17, 15) is 14.7 Å². The van der Waals surface area contributed by atoms with Crippen LogP contribution in [0.4, 0.5) is 0 Å². The van der Waals surface area contributed by atoms with E-state index < -0.39 is 12.1 Å². The third kappa shape index (κ3) is 3.37. The third-order valence-corrected chi connectivity index (χ3v) is 4.88. The molecule has 120 valence electrons. The Morgan fingerprint density at radius 1 is 1.26 bits per heavy atom. The van der Waals surface area contributed by atoms with Crippen LogP contribution in [0.2, 0.25) is 0 Å². The van der Waals surface area contributed by atoms with Crippen molar-refractivity contribution in [2.75, 3.05) is 6.54 Å². The Bertz CT molecular complexity index is 722. The number of hydrogen-bond acceptors (Lipinski definition) is 5. The second-order valence-corrected chi connectivity index (χ2v) is 6.47. The van der Waals surface area contributed by atoms with E-state index in [0.29, 0.717) is 18.7 Å². The highest BCUT2D eigenvalue weighted by Crippen LogP contribution is 2.24. The molecule has 2 heterocycles. The van der Waals surface area contributed by atoms with Crippen molar-refractivity contribution < 1.29 is 19.4 Å². The number of esters is 1. The monoisotopic (exact) mass is 331 g/mol. The lowest BCUT2D eigenvalue weighted by Gasteiger charge is -2.29. The first-order valence-corrected chi connectivity index (χ1v) is 8.26. The lowest BCUT2D eigenvalue weighted by molar-refractivity contribution is -0.140. The summed E-state index contributed by atoms with van der Waals surface area (Å²) in [5.74, 6) is -0.682. The number of phenols is 1. The number of ether oxygens (including phenoxy) is 1. The number of phenolic OH excluding ortho intramolecular Hbond substituents is 1. The minimum absolute atomic E-state index is 0.0746. The molecule has 1 aliphatic rings. The fourth-order valence-electron chi connectivity index (χ4n) is 2.57. The second kappa shape index (κ2) is 6.42. The number of thiophene rings is 1. The average molecular weight is 331 g/mol. The second-order valence-electron chi connectivity index (χ2n) is 5.47. The highest BCUT2D eigenvalue weighted by atomic mass is 32.1. The molecule has 1 aromatic heterocycles. The number of benzene rings is 1. The molecule has 1 aliphatic heterocycles. The zero-order valence-corrected chi connectivity index (χ0v) is 13.5. The predicted molar refractivity (Wildman–Crippen MR) is 86.4 cm³/mol. The molecule has 1 atom stereocenters. The number of fused-ring (bicyclic) bond motifs is 1. The van der Waals surface area contributed by atoms with Gasteiger partial charge >= 0.3 is 5.97 Å². The van der Waals surface area contributed by atoms with Crippen molar-refractivity contribution in [2.45, 2.75) is 26.0 Å². The van der Waals surface area contributed by atoms with E-state index in [1.807, 2.05) is 11.4 Å². The lowest BCUT2D eigenvalue weighted by atomic mass is 10.1. The predicted octanol–water partition coefficient (Wildman–Crippen LogP) is 2.58. The Hall–Kier alpha value is -2.34. The molecule has 1 aromatic carbocycles. The summed E-state index contributed by atoms with van der Waals surface area (Å²) < 4.78 is 5.25. The van der Waals surface area contributed by atoms with Gasteiger partial charge in [0.2, 0.25) is 0 Å². The van der Waals surface area contributed by atoms with E-state index in [4.69, 9.17) is 4.74 Å². The van der Waals surface area contributed by atoms with Crippen LogP contribution in [0.15, 0.2) is 35.7 Å². The van der Waals surface area contributed by atoms with Gasteiger partial charge in [0.1, 0.15) is 5.75 Å². The van der Waals surface area contributed by atoms with Crippen molar-refractivity contribution in [2.24, 2.45) is 0 Å². The summed E-state index contributed by atoms with van der Waals surface area (Å²) in [6.45, 7) is 2.80. The van der Waals surface area contributed by atoms with Crippen molar-refractivity contribution in [1.82, 2.24) is 4.90 Å². The van der Waals surface area contributed by atoms with Crippen molar-refractivity contribution in [3.63, 3.8) is 0 Å². The maximum atomic E-state index is 12.5. The van der Waals surface area contributed by atoms with Crippen molar-refractivity contribution in [3.8, 4) is 5.75 Å².